The van der Waals surface area contributed by atoms with E-state index < -0.39 is 0 Å². The number of aryl methyl sites for hydroxylation is 4. The van der Waals surface area contributed by atoms with Crippen molar-refractivity contribution in [2.24, 2.45) is 76.7 Å². The molecule has 0 saturated heterocycles. The molecule has 0 N–H and O–H groups in total. The van der Waals surface area contributed by atoms with Gasteiger partial charge in [0.2, 0.25) is 0 Å². The van der Waals surface area contributed by atoms with E-state index in [1.807, 2.05) is 62.4 Å². The third-order valence-corrected chi connectivity index (χ3v) is 16.1. The van der Waals surface area contributed by atoms with Gasteiger partial charge in [-0.2, -0.15) is 0 Å². The highest BCUT2D eigenvalue weighted by Gasteiger charge is 2.41. The Morgan fingerprint density at radius 3 is 1.26 bits per heavy atom. The Balaban J connectivity index is 0.00000131. The Hall–Kier alpha value is -11.0. The highest BCUT2D eigenvalue weighted by molar-refractivity contribution is 6.16. The summed E-state index contributed by atoms with van der Waals surface area (Å²) >= 11 is 0. The number of nitrogens with zero attached hydrogens (tertiary/aromatic N) is 12. The SMILES string of the molecule is CC(C)(Cc1ccc(N=CC=O)cc1)N=CC=O.CC(CCCN=CC=O)CN=CC=O.CC1(C)CC(N=CC=O)CC(C)(CN=CC=O)C1.CCc1cc(Cc2cc(CC)c(N=CC=O)c(CC)c2)cc(CC)c1N=CC=O.O=CC=NCCCCCCN=CC=O.O=CC=NCc1cccc(CN=CC=O)c1. The lowest BCUT2D eigenvalue weighted by atomic mass is 9.63. The second-order valence-corrected chi connectivity index (χ2v) is 26.7. The van der Waals surface area contributed by atoms with Gasteiger partial charge in [0, 0.05) is 32.7 Å². The lowest BCUT2D eigenvalue weighted by Gasteiger charge is -2.44. The van der Waals surface area contributed by atoms with Crippen LogP contribution in [0.5, 0.6) is 0 Å². The van der Waals surface area contributed by atoms with E-state index in [-0.39, 0.29) is 22.4 Å². The molecule has 0 spiro atoms. The molecule has 584 valence electrons. The maximum Gasteiger partial charge on any atom is 0.161 e. The molecule has 5 rings (SSSR count). The van der Waals surface area contributed by atoms with E-state index in [2.05, 4.69) is 140 Å². The molecule has 0 bridgehead atoms. The molecule has 0 aliphatic heterocycles. The first kappa shape index (κ1) is 98.0. The molecule has 1 saturated carbocycles. The summed E-state index contributed by atoms with van der Waals surface area (Å²) in [6, 6.07) is 24.2. The number of carbonyl (C=O) groups is 12. The fourth-order valence-corrected chi connectivity index (χ4v) is 11.8. The molecule has 24 heteroatoms. The lowest BCUT2D eigenvalue weighted by molar-refractivity contribution is -0.103. The van der Waals surface area contributed by atoms with Gasteiger partial charge >= 0.3 is 0 Å². The van der Waals surface area contributed by atoms with E-state index in [1.54, 1.807) is 0 Å². The Labute approximate surface area is 644 Å². The smallest absolute Gasteiger partial charge is 0.161 e. The molecule has 0 aromatic heterocycles. The second-order valence-electron chi connectivity index (χ2n) is 26.7. The van der Waals surface area contributed by atoms with E-state index in [4.69, 9.17) is 0 Å². The van der Waals surface area contributed by atoms with Crippen molar-refractivity contribution >= 4 is 167 Å². The minimum atomic E-state index is -0.311. The molecule has 3 atom stereocenters. The van der Waals surface area contributed by atoms with Gasteiger partial charge in [0.25, 0.3) is 0 Å². The number of hydrogen-bond donors (Lipinski definition) is 0. The Kier molecular flexibility index (Phi) is 56.7. The molecular formula is C85H112N12O12. The van der Waals surface area contributed by atoms with Crippen molar-refractivity contribution in [3.8, 4) is 0 Å². The fraction of sp³-hybridized carbons (Fsp3) is 0.435. The van der Waals surface area contributed by atoms with Gasteiger partial charge in [-0.05, 0) is 176 Å². The largest absolute Gasteiger partial charge is 0.297 e. The highest BCUT2D eigenvalue weighted by atomic mass is 16.1. The molecule has 1 fully saturated rings. The normalized spacial score (nSPS) is 15.1. The number of benzene rings is 4. The molecule has 24 nitrogen and oxygen atoms in total. The zero-order valence-corrected chi connectivity index (χ0v) is 65.3. The summed E-state index contributed by atoms with van der Waals surface area (Å²) in [6.45, 7) is 25.5. The first-order chi connectivity index (χ1) is 52.7. The second kappa shape index (κ2) is 63.1. The van der Waals surface area contributed by atoms with Crippen molar-refractivity contribution in [1.82, 2.24) is 0 Å². The Morgan fingerprint density at radius 2 is 0.826 bits per heavy atom. The molecule has 0 radical (unpaired) electrons. The predicted molar refractivity (Wildman–Crippen MR) is 446 cm³/mol. The summed E-state index contributed by atoms with van der Waals surface area (Å²) in [5.41, 5.74) is 12.8. The third kappa shape index (κ3) is 48.7. The van der Waals surface area contributed by atoms with E-state index in [0.29, 0.717) is 95.2 Å². The van der Waals surface area contributed by atoms with Gasteiger partial charge in [0.1, 0.15) is 0 Å². The molecule has 4 aromatic rings. The highest BCUT2D eigenvalue weighted by Crippen LogP contribution is 2.47. The number of rotatable bonds is 44. The summed E-state index contributed by atoms with van der Waals surface area (Å²) in [7, 11) is 0. The van der Waals surface area contributed by atoms with Gasteiger partial charge in [-0.1, -0.05) is 129 Å². The van der Waals surface area contributed by atoms with Crippen molar-refractivity contribution in [2.45, 2.75) is 190 Å². The first-order valence-electron chi connectivity index (χ1n) is 36.6. The monoisotopic (exact) mass is 1490 g/mol. The van der Waals surface area contributed by atoms with Crippen LogP contribution in [0.25, 0.3) is 0 Å². The van der Waals surface area contributed by atoms with Crippen molar-refractivity contribution < 1.29 is 57.5 Å². The number of aldehydes is 12. The standard InChI is InChI=1S/C25H30N2O2.C14H22N2O2.C14H16N2O2.C12H12N2O2.2C10H16N2O2/c1-5-20-14-18(15-21(6-2)24(20)26-9-11-28)13-19-16-22(7-3)25(27-10-12-29)23(8-4)17-19;1-13(2)8-12(16-5-7-18)9-14(3,10-13)11-15-4-6-17;1-14(2,16-8-10-18)11-12-3-5-13(6-4-12)15-7-9-17;15-6-4-13-9-11-2-1-3-12(8-11)10-14-5-7-16;1-10(9-12-6-8-14)3-2-4-11-5-7-13;13-9-7-11-5-3-1-2-4-6-12-8-10-14/h9-12,14-17H,5-8,13H2,1-4H3;4-7,12H,8-11H2,1-3H3;3-10H,11H2,1-2H3;1-8H,9-10H2;5-8,10H,2-4,9H2,1H3;7-10H,1-6H2. The van der Waals surface area contributed by atoms with Gasteiger partial charge in [-0.15, -0.1) is 0 Å². The molecular weight excluding hydrogens is 1380 g/mol. The van der Waals surface area contributed by atoms with Crippen LogP contribution in [0.3, 0.4) is 0 Å². The van der Waals surface area contributed by atoms with Crippen molar-refractivity contribution in [2.75, 3.05) is 32.7 Å². The number of unbranched alkanes of at least 4 members (excludes halogenated alkanes) is 3. The van der Waals surface area contributed by atoms with E-state index in [9.17, 15) is 57.5 Å². The minimum Gasteiger partial charge on any atom is -0.297 e. The van der Waals surface area contributed by atoms with Crippen LogP contribution in [0.4, 0.5) is 17.1 Å². The molecule has 0 amide bonds. The number of carbonyl (C=O) groups excluding carboxylic acids is 12. The molecule has 1 aliphatic rings. The van der Waals surface area contributed by atoms with Crippen LogP contribution in [0.1, 0.15) is 177 Å². The van der Waals surface area contributed by atoms with Gasteiger partial charge in [-0.3, -0.25) is 117 Å². The molecule has 4 aromatic carbocycles. The van der Waals surface area contributed by atoms with Crippen LogP contribution >= 0.6 is 0 Å². The third-order valence-electron chi connectivity index (χ3n) is 16.1. The van der Waals surface area contributed by atoms with Crippen LogP contribution in [-0.2, 0) is 109 Å². The maximum absolute atomic E-state index is 10.7. The topological polar surface area (TPSA) is 353 Å². The van der Waals surface area contributed by atoms with Gasteiger partial charge in [-0.25, -0.2) is 0 Å². The lowest BCUT2D eigenvalue weighted by Crippen LogP contribution is -2.39. The van der Waals surface area contributed by atoms with Crippen LogP contribution in [0.2, 0.25) is 0 Å². The average Bonchev–Trinajstić information content (AvgIpc) is 0.808. The Bertz CT molecular complexity index is 3570. The molecule has 3 unspecified atom stereocenters. The van der Waals surface area contributed by atoms with Crippen molar-refractivity contribution in [3.05, 3.63) is 123 Å². The predicted octanol–water partition coefficient (Wildman–Crippen LogP) is 12.9. The van der Waals surface area contributed by atoms with Crippen LogP contribution in [-0.4, -0.2) is 194 Å². The fourth-order valence-electron chi connectivity index (χ4n) is 11.8. The summed E-state index contributed by atoms with van der Waals surface area (Å²) in [5, 5.41) is 0. The number of aliphatic imine (C=N–C) groups is 12. The van der Waals surface area contributed by atoms with Crippen molar-refractivity contribution in [1.29, 1.82) is 0 Å². The maximum atomic E-state index is 10.7. The molecule has 0 heterocycles. The Morgan fingerprint density at radius 1 is 0.422 bits per heavy atom. The van der Waals surface area contributed by atoms with E-state index in [1.165, 1.54) is 85.7 Å². The quantitative estimate of drug-likeness (QED) is 0.0227. The van der Waals surface area contributed by atoms with E-state index in [0.717, 1.165) is 184 Å². The zero-order chi connectivity index (χ0) is 81.1. The summed E-state index contributed by atoms with van der Waals surface area (Å²) in [6.07, 6.45) is 37.8. The van der Waals surface area contributed by atoms with Crippen LogP contribution < -0.4 is 0 Å². The molecule has 1 aliphatic carbocycles. The number of hydrogen-bond acceptors (Lipinski definition) is 24. The first-order valence-corrected chi connectivity index (χ1v) is 36.6. The minimum absolute atomic E-state index is 0.0478. The molecule has 109 heavy (non-hydrogen) atoms. The van der Waals surface area contributed by atoms with E-state index >= 15 is 0 Å². The van der Waals surface area contributed by atoms with Crippen LogP contribution in [0, 0.1) is 16.7 Å². The van der Waals surface area contributed by atoms with Gasteiger partial charge in [0.15, 0.2) is 75.4 Å². The zero-order valence-electron chi connectivity index (χ0n) is 65.3. The van der Waals surface area contributed by atoms with Crippen LogP contribution in [0.15, 0.2) is 133 Å². The summed E-state index contributed by atoms with van der Waals surface area (Å²) in [5.74, 6) is 0.456. The summed E-state index contributed by atoms with van der Waals surface area (Å²) in [4.78, 5) is 171. The van der Waals surface area contributed by atoms with Gasteiger partial charge < -0.3 is 0 Å². The van der Waals surface area contributed by atoms with Gasteiger partial charge in [0.05, 0.1) is 116 Å². The van der Waals surface area contributed by atoms with Crippen molar-refractivity contribution in [3.63, 3.8) is 0 Å². The summed E-state index contributed by atoms with van der Waals surface area (Å²) < 4.78 is 0. The average molecular weight is 1490 g/mol.